The van der Waals surface area contributed by atoms with Gasteiger partial charge in [-0.05, 0) is 32.8 Å². The molecule has 0 radical (unpaired) electrons. The third-order valence-electron chi connectivity index (χ3n) is 3.32. The summed E-state index contributed by atoms with van der Waals surface area (Å²) in [5.74, 6) is -1.24. The number of esters is 2. The highest BCUT2D eigenvalue weighted by Crippen LogP contribution is 2.06. The Morgan fingerprint density at radius 1 is 0.968 bits per heavy atom. The summed E-state index contributed by atoms with van der Waals surface area (Å²) in [6, 6.07) is 9.24. The van der Waals surface area contributed by atoms with Gasteiger partial charge in [-0.2, -0.15) is 0 Å². The summed E-state index contributed by atoms with van der Waals surface area (Å²) >= 11 is 0. The van der Waals surface area contributed by atoms with Crippen LogP contribution in [-0.4, -0.2) is 49.2 Å². The van der Waals surface area contributed by atoms with Crippen molar-refractivity contribution < 1.29 is 42.9 Å². The van der Waals surface area contributed by atoms with E-state index in [1.54, 1.807) is 20.8 Å². The number of carbonyl (C=O) groups excluding carboxylic acids is 4. The monoisotopic (exact) mass is 439 g/mol. The number of rotatable bonds is 10. The fourth-order valence-corrected chi connectivity index (χ4v) is 2.06. The normalized spacial score (nSPS) is 11.6. The first-order chi connectivity index (χ1) is 14.5. The van der Waals surface area contributed by atoms with Crippen LogP contribution in [0.4, 0.5) is 9.59 Å². The minimum atomic E-state index is -1.23. The second kappa shape index (κ2) is 13.1. The number of hydrogen-bond donors (Lipinski definition) is 1. The molecule has 0 aliphatic rings. The summed E-state index contributed by atoms with van der Waals surface area (Å²) in [6.07, 6.45) is -2.74. The number of ether oxygens (including phenoxy) is 5. The molecule has 1 aromatic carbocycles. The molecule has 0 saturated heterocycles. The van der Waals surface area contributed by atoms with Gasteiger partial charge in [-0.3, -0.25) is 9.59 Å². The van der Waals surface area contributed by atoms with Crippen molar-refractivity contribution in [2.24, 2.45) is 0 Å². The molecule has 0 bridgehead atoms. The van der Waals surface area contributed by atoms with Crippen LogP contribution in [0.15, 0.2) is 30.3 Å². The molecule has 0 aromatic heterocycles. The van der Waals surface area contributed by atoms with Gasteiger partial charge in [0.1, 0.15) is 18.8 Å². The second-order valence-electron chi connectivity index (χ2n) is 7.38. The number of amides is 1. The zero-order valence-corrected chi connectivity index (χ0v) is 18.2. The van der Waals surface area contributed by atoms with Crippen LogP contribution in [0.5, 0.6) is 0 Å². The topological polar surface area (TPSA) is 126 Å². The third kappa shape index (κ3) is 13.5. The summed E-state index contributed by atoms with van der Waals surface area (Å²) in [7, 11) is 0. The maximum atomic E-state index is 11.7. The van der Waals surface area contributed by atoms with Crippen molar-refractivity contribution in [3.05, 3.63) is 35.9 Å². The van der Waals surface area contributed by atoms with E-state index >= 15 is 0 Å². The summed E-state index contributed by atoms with van der Waals surface area (Å²) in [4.78, 5) is 46.3. The maximum absolute atomic E-state index is 11.7. The average Bonchev–Trinajstić information content (AvgIpc) is 2.67. The van der Waals surface area contributed by atoms with Crippen LogP contribution in [-0.2, 0) is 39.9 Å². The lowest BCUT2D eigenvalue weighted by molar-refractivity contribution is -0.167. The average molecular weight is 439 g/mol. The predicted molar refractivity (Wildman–Crippen MR) is 108 cm³/mol. The van der Waals surface area contributed by atoms with Crippen molar-refractivity contribution in [3.63, 3.8) is 0 Å². The van der Waals surface area contributed by atoms with Crippen molar-refractivity contribution >= 4 is 24.2 Å². The fraction of sp³-hybridized carbons (Fsp3) is 0.524. The van der Waals surface area contributed by atoms with Gasteiger partial charge >= 0.3 is 24.2 Å². The van der Waals surface area contributed by atoms with Gasteiger partial charge in [0.05, 0.1) is 6.61 Å². The Kier molecular flexibility index (Phi) is 10.9. The van der Waals surface area contributed by atoms with Gasteiger partial charge in [-0.1, -0.05) is 30.3 Å². The van der Waals surface area contributed by atoms with Crippen molar-refractivity contribution in [2.75, 3.05) is 13.2 Å². The molecule has 1 amide bonds. The van der Waals surface area contributed by atoms with Crippen molar-refractivity contribution in [1.82, 2.24) is 5.32 Å². The molecule has 10 nitrogen and oxygen atoms in total. The molecular weight excluding hydrogens is 410 g/mol. The molecule has 1 atom stereocenters. The number of carbonyl (C=O) groups is 4. The molecular formula is C21H29NO9. The number of alkyl carbamates (subject to hydrolysis) is 1. The minimum Gasteiger partial charge on any atom is -0.461 e. The Labute approximate surface area is 181 Å². The van der Waals surface area contributed by atoms with Gasteiger partial charge in [-0.15, -0.1) is 0 Å². The van der Waals surface area contributed by atoms with Gasteiger partial charge in [0.25, 0.3) is 0 Å². The molecule has 1 N–H and O–H groups in total. The molecule has 0 spiro atoms. The molecule has 1 aromatic rings. The van der Waals surface area contributed by atoms with E-state index in [2.05, 4.69) is 5.32 Å². The Morgan fingerprint density at radius 2 is 1.65 bits per heavy atom. The smallest absolute Gasteiger partial charge is 0.461 e. The lowest BCUT2D eigenvalue weighted by Gasteiger charge is -2.19. The van der Waals surface area contributed by atoms with Gasteiger partial charge in [0, 0.05) is 13.3 Å². The van der Waals surface area contributed by atoms with Crippen LogP contribution < -0.4 is 5.32 Å². The van der Waals surface area contributed by atoms with E-state index in [1.165, 1.54) is 6.92 Å². The Balaban J connectivity index is 2.12. The highest BCUT2D eigenvalue weighted by atomic mass is 16.8. The first kappa shape index (κ1) is 25.7. The summed E-state index contributed by atoms with van der Waals surface area (Å²) < 4.78 is 24.5. The van der Waals surface area contributed by atoms with Gasteiger partial charge < -0.3 is 29.0 Å². The quantitative estimate of drug-likeness (QED) is 0.253. The van der Waals surface area contributed by atoms with E-state index in [4.69, 9.17) is 23.7 Å². The first-order valence-corrected chi connectivity index (χ1v) is 9.74. The fourth-order valence-electron chi connectivity index (χ4n) is 2.06. The van der Waals surface area contributed by atoms with Crippen LogP contribution >= 0.6 is 0 Å². The SMILES string of the molecule is CC(OC(=O)CNC(=O)OC(C)(C)C)OC(=O)OCCCC(=O)OCc1ccccc1. The molecule has 1 unspecified atom stereocenters. The van der Waals surface area contributed by atoms with E-state index in [0.29, 0.717) is 0 Å². The zero-order valence-electron chi connectivity index (χ0n) is 18.2. The highest BCUT2D eigenvalue weighted by Gasteiger charge is 2.19. The van der Waals surface area contributed by atoms with E-state index in [0.717, 1.165) is 5.56 Å². The Morgan fingerprint density at radius 3 is 2.29 bits per heavy atom. The second-order valence-corrected chi connectivity index (χ2v) is 7.38. The Hall–Kier alpha value is -3.30. The molecule has 10 heteroatoms. The Bertz CT molecular complexity index is 728. The standard InChI is InChI=1S/C21H29NO9/c1-15(29-18(24)13-22-19(25)31-21(2,3)4)30-20(26)27-12-8-11-17(23)28-14-16-9-6-5-7-10-16/h5-7,9-10,15H,8,11-14H2,1-4H3,(H,22,25). The molecule has 0 heterocycles. The largest absolute Gasteiger partial charge is 0.511 e. The van der Waals surface area contributed by atoms with Gasteiger partial charge in [-0.25, -0.2) is 9.59 Å². The van der Waals surface area contributed by atoms with E-state index < -0.39 is 42.6 Å². The third-order valence-corrected chi connectivity index (χ3v) is 3.32. The molecule has 1 rings (SSSR count). The lowest BCUT2D eigenvalue weighted by Crippen LogP contribution is -2.37. The zero-order chi connectivity index (χ0) is 23.3. The van der Waals surface area contributed by atoms with Crippen LogP contribution in [0.1, 0.15) is 46.1 Å². The van der Waals surface area contributed by atoms with Crippen molar-refractivity contribution in [1.29, 1.82) is 0 Å². The van der Waals surface area contributed by atoms with Crippen LogP contribution in [0, 0.1) is 0 Å². The number of nitrogens with one attached hydrogen (secondary N) is 1. The molecule has 0 saturated carbocycles. The maximum Gasteiger partial charge on any atom is 0.511 e. The number of benzene rings is 1. The number of hydrogen-bond acceptors (Lipinski definition) is 9. The molecule has 31 heavy (non-hydrogen) atoms. The van der Waals surface area contributed by atoms with E-state index in [9.17, 15) is 19.2 Å². The van der Waals surface area contributed by atoms with Crippen molar-refractivity contribution in [3.8, 4) is 0 Å². The summed E-state index contributed by atoms with van der Waals surface area (Å²) in [6.45, 7) is 6.00. The minimum absolute atomic E-state index is 0.0693. The molecule has 0 fully saturated rings. The van der Waals surface area contributed by atoms with Crippen LogP contribution in [0.3, 0.4) is 0 Å². The van der Waals surface area contributed by atoms with Gasteiger partial charge in [0.2, 0.25) is 6.29 Å². The van der Waals surface area contributed by atoms with E-state index in [1.807, 2.05) is 30.3 Å². The molecule has 0 aliphatic carbocycles. The summed E-state index contributed by atoms with van der Waals surface area (Å²) in [5.41, 5.74) is 0.174. The van der Waals surface area contributed by atoms with Crippen molar-refractivity contribution in [2.45, 2.75) is 59.0 Å². The van der Waals surface area contributed by atoms with Crippen LogP contribution in [0.2, 0.25) is 0 Å². The van der Waals surface area contributed by atoms with Gasteiger partial charge in [0.15, 0.2) is 0 Å². The lowest BCUT2D eigenvalue weighted by atomic mass is 10.2. The first-order valence-electron chi connectivity index (χ1n) is 9.74. The molecule has 0 aliphatic heterocycles. The van der Waals surface area contributed by atoms with E-state index in [-0.39, 0.29) is 26.1 Å². The predicted octanol–water partition coefficient (Wildman–Crippen LogP) is 3.08. The molecule has 172 valence electrons. The highest BCUT2D eigenvalue weighted by molar-refractivity contribution is 5.78. The van der Waals surface area contributed by atoms with Crippen LogP contribution in [0.25, 0.3) is 0 Å². The summed E-state index contributed by atoms with van der Waals surface area (Å²) in [5, 5.41) is 2.22.